The highest BCUT2D eigenvalue weighted by atomic mass is 16.3. The Hall–Kier alpha value is -1.35. The van der Waals surface area contributed by atoms with Gasteiger partial charge in [-0.25, -0.2) is 4.98 Å². The molecule has 0 aliphatic heterocycles. The van der Waals surface area contributed by atoms with Crippen molar-refractivity contribution in [3.05, 3.63) is 29.7 Å². The summed E-state index contributed by atoms with van der Waals surface area (Å²) >= 11 is 0. The van der Waals surface area contributed by atoms with Gasteiger partial charge in [0.1, 0.15) is 5.52 Å². The third-order valence-corrected chi connectivity index (χ3v) is 2.72. The van der Waals surface area contributed by atoms with Crippen LogP contribution in [0.15, 0.2) is 22.6 Å². The molecule has 1 unspecified atom stereocenters. The molecular formula is C13H18N2O. The molecule has 86 valence electrons. The molecule has 0 spiro atoms. The first kappa shape index (κ1) is 11.1. The summed E-state index contributed by atoms with van der Waals surface area (Å²) in [5, 5.41) is 0. The van der Waals surface area contributed by atoms with Crippen molar-refractivity contribution in [1.29, 1.82) is 0 Å². The van der Waals surface area contributed by atoms with Crippen LogP contribution in [0.1, 0.15) is 31.2 Å². The zero-order valence-electron chi connectivity index (χ0n) is 9.86. The predicted molar refractivity (Wildman–Crippen MR) is 65.3 cm³/mol. The van der Waals surface area contributed by atoms with Gasteiger partial charge in [0.25, 0.3) is 0 Å². The molecule has 2 rings (SSSR count). The molecule has 3 nitrogen and oxygen atoms in total. The predicted octanol–water partition coefficient (Wildman–Crippen LogP) is 2.81. The second kappa shape index (κ2) is 4.66. The first-order valence-electron chi connectivity index (χ1n) is 5.77. The second-order valence-electron chi connectivity index (χ2n) is 4.40. The number of aromatic nitrogens is 1. The maximum Gasteiger partial charge on any atom is 0.195 e. The third kappa shape index (κ3) is 2.42. The number of para-hydroxylation sites is 1. The molecule has 0 bridgehead atoms. The number of nitrogens with two attached hydrogens (primary N) is 1. The number of oxazole rings is 1. The smallest absolute Gasteiger partial charge is 0.195 e. The van der Waals surface area contributed by atoms with E-state index in [0.717, 1.165) is 36.3 Å². The van der Waals surface area contributed by atoms with Gasteiger partial charge in [-0.15, -0.1) is 0 Å². The number of rotatable bonds is 4. The number of benzene rings is 1. The quantitative estimate of drug-likeness (QED) is 0.858. The van der Waals surface area contributed by atoms with Crippen LogP contribution in [-0.2, 0) is 6.42 Å². The summed E-state index contributed by atoms with van der Waals surface area (Å²) in [7, 11) is 0. The molecule has 2 aromatic rings. The van der Waals surface area contributed by atoms with Gasteiger partial charge in [-0.05, 0) is 38.3 Å². The lowest BCUT2D eigenvalue weighted by molar-refractivity contribution is 0.503. The van der Waals surface area contributed by atoms with Gasteiger partial charge in [0.05, 0.1) is 0 Å². The number of aryl methyl sites for hydroxylation is 2. The van der Waals surface area contributed by atoms with E-state index in [1.54, 1.807) is 0 Å². The lowest BCUT2D eigenvalue weighted by Crippen LogP contribution is -2.14. The molecule has 0 saturated carbocycles. The highest BCUT2D eigenvalue weighted by Crippen LogP contribution is 2.19. The van der Waals surface area contributed by atoms with Gasteiger partial charge in [-0.3, -0.25) is 0 Å². The average molecular weight is 218 g/mol. The Balaban J connectivity index is 2.11. The zero-order valence-corrected chi connectivity index (χ0v) is 9.86. The summed E-state index contributed by atoms with van der Waals surface area (Å²) in [5.74, 6) is 0.824. The van der Waals surface area contributed by atoms with E-state index in [0.29, 0.717) is 0 Å². The van der Waals surface area contributed by atoms with E-state index in [1.807, 2.05) is 19.1 Å². The molecule has 0 fully saturated rings. The van der Waals surface area contributed by atoms with E-state index in [2.05, 4.69) is 18.0 Å². The fourth-order valence-corrected chi connectivity index (χ4v) is 1.81. The minimum absolute atomic E-state index is 0.256. The molecule has 0 radical (unpaired) electrons. The highest BCUT2D eigenvalue weighted by Gasteiger charge is 2.07. The van der Waals surface area contributed by atoms with Crippen molar-refractivity contribution >= 4 is 11.1 Å². The van der Waals surface area contributed by atoms with Crippen molar-refractivity contribution in [2.24, 2.45) is 5.73 Å². The number of hydrogen-bond donors (Lipinski definition) is 1. The molecule has 0 saturated heterocycles. The van der Waals surface area contributed by atoms with E-state index in [1.165, 1.54) is 5.56 Å². The van der Waals surface area contributed by atoms with Crippen molar-refractivity contribution in [3.63, 3.8) is 0 Å². The first-order valence-corrected chi connectivity index (χ1v) is 5.77. The van der Waals surface area contributed by atoms with E-state index in [-0.39, 0.29) is 6.04 Å². The Kier molecular flexibility index (Phi) is 3.25. The van der Waals surface area contributed by atoms with Crippen LogP contribution in [0.2, 0.25) is 0 Å². The van der Waals surface area contributed by atoms with Gasteiger partial charge in [-0.1, -0.05) is 12.1 Å². The number of hydrogen-bond acceptors (Lipinski definition) is 3. The molecule has 2 N–H and O–H groups in total. The first-order chi connectivity index (χ1) is 7.66. The monoisotopic (exact) mass is 218 g/mol. The van der Waals surface area contributed by atoms with Crippen LogP contribution in [-0.4, -0.2) is 11.0 Å². The Morgan fingerprint density at radius 2 is 2.25 bits per heavy atom. The molecule has 1 atom stereocenters. The molecular weight excluding hydrogens is 200 g/mol. The SMILES string of the molecule is Cc1cccc2oc(CCCC(C)N)nc12. The molecule has 3 heteroatoms. The Morgan fingerprint density at radius 1 is 1.44 bits per heavy atom. The van der Waals surface area contributed by atoms with Crippen LogP contribution < -0.4 is 5.73 Å². The minimum Gasteiger partial charge on any atom is -0.441 e. The van der Waals surface area contributed by atoms with Crippen LogP contribution >= 0.6 is 0 Å². The van der Waals surface area contributed by atoms with Gasteiger partial charge in [-0.2, -0.15) is 0 Å². The van der Waals surface area contributed by atoms with Crippen LogP contribution in [0, 0.1) is 6.92 Å². The van der Waals surface area contributed by atoms with Gasteiger partial charge < -0.3 is 10.2 Å². The van der Waals surface area contributed by atoms with Gasteiger partial charge in [0.2, 0.25) is 0 Å². The van der Waals surface area contributed by atoms with Crippen molar-refractivity contribution < 1.29 is 4.42 Å². The van der Waals surface area contributed by atoms with Gasteiger partial charge in [0, 0.05) is 12.5 Å². The lowest BCUT2D eigenvalue weighted by Gasteiger charge is -2.01. The number of fused-ring (bicyclic) bond motifs is 1. The summed E-state index contributed by atoms with van der Waals surface area (Å²) in [4.78, 5) is 4.50. The Morgan fingerprint density at radius 3 is 2.94 bits per heavy atom. The maximum atomic E-state index is 5.70. The summed E-state index contributed by atoms with van der Waals surface area (Å²) in [6, 6.07) is 6.27. The normalized spacial score (nSPS) is 13.2. The van der Waals surface area contributed by atoms with Crippen LogP contribution in [0.25, 0.3) is 11.1 Å². The molecule has 0 aliphatic rings. The Bertz CT molecular complexity index is 474. The van der Waals surface area contributed by atoms with Crippen molar-refractivity contribution in [1.82, 2.24) is 4.98 Å². The van der Waals surface area contributed by atoms with Gasteiger partial charge in [0.15, 0.2) is 11.5 Å². The third-order valence-electron chi connectivity index (χ3n) is 2.72. The minimum atomic E-state index is 0.256. The molecule has 0 aliphatic carbocycles. The lowest BCUT2D eigenvalue weighted by atomic mass is 10.1. The van der Waals surface area contributed by atoms with Crippen molar-refractivity contribution in [2.45, 2.75) is 39.2 Å². The fraction of sp³-hybridized carbons (Fsp3) is 0.462. The molecule has 1 aromatic carbocycles. The second-order valence-corrected chi connectivity index (χ2v) is 4.40. The van der Waals surface area contributed by atoms with Gasteiger partial charge >= 0.3 is 0 Å². The summed E-state index contributed by atoms with van der Waals surface area (Å²) < 4.78 is 5.68. The topological polar surface area (TPSA) is 52.0 Å². The van der Waals surface area contributed by atoms with E-state index in [9.17, 15) is 0 Å². The summed E-state index contributed by atoms with van der Waals surface area (Å²) in [6.07, 6.45) is 2.91. The largest absolute Gasteiger partial charge is 0.441 e. The molecule has 1 aromatic heterocycles. The molecule has 16 heavy (non-hydrogen) atoms. The standard InChI is InChI=1S/C13H18N2O/c1-9-5-3-7-11-13(9)15-12(16-11)8-4-6-10(2)14/h3,5,7,10H,4,6,8,14H2,1-2H3. The summed E-state index contributed by atoms with van der Waals surface area (Å²) in [6.45, 7) is 4.08. The zero-order chi connectivity index (χ0) is 11.5. The van der Waals surface area contributed by atoms with Crippen molar-refractivity contribution in [2.75, 3.05) is 0 Å². The maximum absolute atomic E-state index is 5.70. The molecule has 0 amide bonds. The Labute approximate surface area is 95.7 Å². The van der Waals surface area contributed by atoms with E-state index in [4.69, 9.17) is 10.2 Å². The van der Waals surface area contributed by atoms with Crippen LogP contribution in [0.3, 0.4) is 0 Å². The average Bonchev–Trinajstić information content (AvgIpc) is 2.61. The fourth-order valence-electron chi connectivity index (χ4n) is 1.81. The molecule has 1 heterocycles. The highest BCUT2D eigenvalue weighted by molar-refractivity contribution is 5.76. The summed E-state index contributed by atoms with van der Waals surface area (Å²) in [5.41, 5.74) is 8.74. The number of nitrogens with zero attached hydrogens (tertiary/aromatic N) is 1. The van der Waals surface area contributed by atoms with Crippen LogP contribution in [0.4, 0.5) is 0 Å². The van der Waals surface area contributed by atoms with Crippen molar-refractivity contribution in [3.8, 4) is 0 Å². The van der Waals surface area contributed by atoms with E-state index >= 15 is 0 Å². The van der Waals surface area contributed by atoms with Crippen LogP contribution in [0.5, 0.6) is 0 Å². The van der Waals surface area contributed by atoms with E-state index < -0.39 is 0 Å².